The summed E-state index contributed by atoms with van der Waals surface area (Å²) in [5.74, 6) is 0. The fraction of sp³-hybridized carbons (Fsp3) is 0.476. The second kappa shape index (κ2) is 9.85. The number of aliphatic hydroxyl groups excluding tert-OH is 1. The summed E-state index contributed by atoms with van der Waals surface area (Å²) in [6.07, 6.45) is -1.21. The molecule has 0 spiro atoms. The van der Waals surface area contributed by atoms with Crippen molar-refractivity contribution in [2.45, 2.75) is 51.8 Å². The molecule has 0 amide bonds. The quantitative estimate of drug-likeness (QED) is 0.582. The van der Waals surface area contributed by atoms with E-state index in [0.29, 0.717) is 5.56 Å². The number of nitrogens with zero attached hydrogens (tertiary/aromatic N) is 1. The zero-order valence-electron chi connectivity index (χ0n) is 15.8. The Bertz CT molecular complexity index is 714. The Morgan fingerprint density at radius 2 is 1.78 bits per heavy atom. The van der Waals surface area contributed by atoms with Crippen molar-refractivity contribution in [2.75, 3.05) is 13.1 Å². The van der Waals surface area contributed by atoms with Crippen molar-refractivity contribution >= 4 is 0 Å². The van der Waals surface area contributed by atoms with Gasteiger partial charge in [0, 0.05) is 12.1 Å². The number of unbranched alkanes of at least 4 members (excludes halogenated alkanes) is 3. The second-order valence-corrected chi connectivity index (χ2v) is 6.82. The first kappa shape index (κ1) is 21.4. The van der Waals surface area contributed by atoms with Crippen molar-refractivity contribution in [1.29, 1.82) is 0 Å². The van der Waals surface area contributed by atoms with Gasteiger partial charge in [-0.05, 0) is 37.6 Å². The maximum absolute atomic E-state index is 13.3. The smallest absolute Gasteiger partial charge is 0.387 e. The van der Waals surface area contributed by atoms with Crippen LogP contribution in [0.2, 0.25) is 0 Å². The summed E-state index contributed by atoms with van der Waals surface area (Å²) in [5.41, 5.74) is 1.04. The molecular weight excluding hydrogens is 353 g/mol. The van der Waals surface area contributed by atoms with Crippen molar-refractivity contribution in [3.8, 4) is 11.3 Å². The highest BCUT2D eigenvalue weighted by molar-refractivity contribution is 5.61. The van der Waals surface area contributed by atoms with Gasteiger partial charge in [-0.25, -0.2) is 4.98 Å². The van der Waals surface area contributed by atoms with Gasteiger partial charge in [0.1, 0.15) is 5.69 Å². The monoisotopic (exact) mass is 380 g/mol. The number of hydrogen-bond acceptors (Lipinski definition) is 3. The largest absolute Gasteiger partial charge is 0.433 e. The lowest BCUT2D eigenvalue weighted by molar-refractivity contribution is -0.141. The van der Waals surface area contributed by atoms with Gasteiger partial charge in [0.2, 0.25) is 0 Å². The van der Waals surface area contributed by atoms with Crippen LogP contribution in [0, 0.1) is 6.92 Å². The molecule has 0 aliphatic heterocycles. The molecule has 148 valence electrons. The van der Waals surface area contributed by atoms with Crippen molar-refractivity contribution in [2.24, 2.45) is 0 Å². The van der Waals surface area contributed by atoms with Crippen molar-refractivity contribution in [3.05, 3.63) is 53.2 Å². The number of pyridine rings is 1. The molecule has 0 radical (unpaired) electrons. The summed E-state index contributed by atoms with van der Waals surface area (Å²) in [6.45, 7) is 4.98. The number of nitrogens with one attached hydrogen (secondary N) is 1. The minimum Gasteiger partial charge on any atom is -0.387 e. The molecule has 0 bridgehead atoms. The lowest BCUT2D eigenvalue weighted by atomic mass is 10.0. The fourth-order valence-electron chi connectivity index (χ4n) is 2.79. The van der Waals surface area contributed by atoms with Crippen molar-refractivity contribution < 1.29 is 18.3 Å². The predicted molar refractivity (Wildman–Crippen MR) is 101 cm³/mol. The molecular formula is C21H27F3N2O. The van der Waals surface area contributed by atoms with Gasteiger partial charge < -0.3 is 10.4 Å². The van der Waals surface area contributed by atoms with Crippen LogP contribution in [0.4, 0.5) is 13.2 Å². The molecule has 0 fully saturated rings. The molecule has 0 saturated heterocycles. The number of hydrogen-bond donors (Lipinski definition) is 2. The van der Waals surface area contributed by atoms with Crippen LogP contribution in [-0.2, 0) is 6.18 Å². The third kappa shape index (κ3) is 6.63. The van der Waals surface area contributed by atoms with Crippen molar-refractivity contribution in [3.63, 3.8) is 0 Å². The van der Waals surface area contributed by atoms with E-state index >= 15 is 0 Å². The average molecular weight is 380 g/mol. The Morgan fingerprint density at radius 1 is 1.07 bits per heavy atom. The van der Waals surface area contributed by atoms with Crippen LogP contribution < -0.4 is 5.32 Å². The van der Waals surface area contributed by atoms with Crippen LogP contribution in [0.5, 0.6) is 0 Å². The number of aliphatic hydroxyl groups is 1. The zero-order valence-corrected chi connectivity index (χ0v) is 15.8. The van der Waals surface area contributed by atoms with Crippen LogP contribution in [0.1, 0.15) is 55.5 Å². The van der Waals surface area contributed by atoms with Gasteiger partial charge in [-0.1, -0.05) is 56.0 Å². The third-order valence-corrected chi connectivity index (χ3v) is 4.42. The van der Waals surface area contributed by atoms with E-state index in [9.17, 15) is 18.3 Å². The summed E-state index contributed by atoms with van der Waals surface area (Å²) in [4.78, 5) is 3.76. The van der Waals surface area contributed by atoms with Gasteiger partial charge in [0.05, 0.1) is 11.8 Å². The molecule has 2 aromatic rings. The minimum absolute atomic E-state index is 0.209. The van der Waals surface area contributed by atoms with Crippen molar-refractivity contribution in [1.82, 2.24) is 10.3 Å². The normalized spacial score (nSPS) is 13.0. The number of aromatic nitrogens is 1. The maximum Gasteiger partial charge on any atom is 0.433 e. The Morgan fingerprint density at radius 3 is 2.41 bits per heavy atom. The Hall–Kier alpha value is -1.92. The summed E-state index contributed by atoms with van der Waals surface area (Å²) in [6, 6.07) is 9.58. The first-order valence-corrected chi connectivity index (χ1v) is 9.36. The minimum atomic E-state index is -4.57. The first-order chi connectivity index (χ1) is 12.8. The Kier molecular flexibility index (Phi) is 7.80. The van der Waals surface area contributed by atoms with E-state index in [4.69, 9.17) is 0 Å². The number of rotatable bonds is 9. The second-order valence-electron chi connectivity index (χ2n) is 6.82. The molecule has 6 heteroatoms. The fourth-order valence-corrected chi connectivity index (χ4v) is 2.79. The van der Waals surface area contributed by atoms with Crippen LogP contribution in [0.15, 0.2) is 36.4 Å². The van der Waals surface area contributed by atoms with Crippen LogP contribution in [0.3, 0.4) is 0 Å². The molecule has 1 heterocycles. The zero-order chi connectivity index (χ0) is 19.9. The molecule has 2 N–H and O–H groups in total. The molecule has 1 aromatic heterocycles. The number of alkyl halides is 3. The molecule has 1 aromatic carbocycles. The number of benzene rings is 1. The highest BCUT2D eigenvalue weighted by Gasteiger charge is 2.33. The Balaban J connectivity index is 2.17. The number of aryl methyl sites for hydroxylation is 1. The molecule has 0 saturated carbocycles. The van der Waals surface area contributed by atoms with E-state index < -0.39 is 18.0 Å². The molecule has 27 heavy (non-hydrogen) atoms. The summed E-state index contributed by atoms with van der Waals surface area (Å²) in [7, 11) is 0. The van der Waals surface area contributed by atoms with Crippen LogP contribution in [0.25, 0.3) is 11.3 Å². The topological polar surface area (TPSA) is 45.1 Å². The van der Waals surface area contributed by atoms with E-state index in [1.807, 2.05) is 19.1 Å². The summed E-state index contributed by atoms with van der Waals surface area (Å²) >= 11 is 0. The predicted octanol–water partition coefficient (Wildman–Crippen LogP) is 5.28. The third-order valence-electron chi connectivity index (χ3n) is 4.42. The summed E-state index contributed by atoms with van der Waals surface area (Å²) in [5, 5.41) is 13.5. The van der Waals surface area contributed by atoms with Crippen LogP contribution in [-0.4, -0.2) is 23.2 Å². The van der Waals surface area contributed by atoms with E-state index in [2.05, 4.69) is 17.2 Å². The maximum atomic E-state index is 13.3. The van der Waals surface area contributed by atoms with Crippen LogP contribution >= 0.6 is 0 Å². The molecule has 1 unspecified atom stereocenters. The molecule has 2 rings (SSSR count). The van der Waals surface area contributed by atoms with E-state index in [1.54, 1.807) is 12.1 Å². The highest BCUT2D eigenvalue weighted by Crippen LogP contribution is 2.32. The molecule has 3 nitrogen and oxygen atoms in total. The van der Waals surface area contributed by atoms with E-state index in [0.717, 1.165) is 43.9 Å². The van der Waals surface area contributed by atoms with E-state index in [1.165, 1.54) is 6.07 Å². The molecule has 1 atom stereocenters. The molecule has 0 aliphatic carbocycles. The number of halogens is 3. The average Bonchev–Trinajstić information content (AvgIpc) is 2.64. The lowest BCUT2D eigenvalue weighted by Crippen LogP contribution is -2.23. The van der Waals surface area contributed by atoms with Gasteiger partial charge in [-0.2, -0.15) is 13.2 Å². The molecule has 0 aliphatic rings. The summed E-state index contributed by atoms with van der Waals surface area (Å²) < 4.78 is 39.8. The van der Waals surface area contributed by atoms with Gasteiger partial charge in [0.25, 0.3) is 0 Å². The SMILES string of the molecule is CCCCCCNCC(O)c1cc(-c2ccc(C)cc2)nc(C(F)(F)F)c1. The Labute approximate surface area is 158 Å². The first-order valence-electron chi connectivity index (χ1n) is 9.36. The highest BCUT2D eigenvalue weighted by atomic mass is 19.4. The lowest BCUT2D eigenvalue weighted by Gasteiger charge is -2.16. The van der Waals surface area contributed by atoms with Gasteiger partial charge in [-0.15, -0.1) is 0 Å². The van der Waals surface area contributed by atoms with Gasteiger partial charge >= 0.3 is 6.18 Å². The standard InChI is InChI=1S/C21H27F3N2O/c1-3-4-5-6-11-25-14-19(27)17-12-18(16-9-7-15(2)8-10-16)26-20(13-17)21(22,23)24/h7-10,12-13,19,25,27H,3-6,11,14H2,1-2H3. The van der Waals surface area contributed by atoms with Gasteiger partial charge in [-0.3, -0.25) is 0 Å². The van der Waals surface area contributed by atoms with Gasteiger partial charge in [0.15, 0.2) is 0 Å². The van der Waals surface area contributed by atoms with E-state index in [-0.39, 0.29) is 17.8 Å².